The molecular formula is C23H27N3O. The van der Waals surface area contributed by atoms with Crippen molar-refractivity contribution in [2.45, 2.75) is 26.3 Å². The molecule has 1 saturated heterocycles. The lowest BCUT2D eigenvalue weighted by molar-refractivity contribution is 0.103. The number of hydrogen-bond acceptors (Lipinski definition) is 3. The molecule has 4 nitrogen and oxygen atoms in total. The summed E-state index contributed by atoms with van der Waals surface area (Å²) in [6.45, 7) is 5.35. The van der Waals surface area contributed by atoms with Crippen molar-refractivity contribution >= 4 is 22.4 Å². The lowest BCUT2D eigenvalue weighted by atomic mass is 9.98. The van der Waals surface area contributed by atoms with E-state index in [1.54, 1.807) is 12.1 Å². The van der Waals surface area contributed by atoms with E-state index in [9.17, 15) is 4.79 Å². The quantitative estimate of drug-likeness (QED) is 0.562. The topological polar surface area (TPSA) is 51.3 Å². The van der Waals surface area contributed by atoms with E-state index in [0.29, 0.717) is 17.2 Å². The first-order chi connectivity index (χ1) is 13.0. The molecular weight excluding hydrogens is 334 g/mol. The summed E-state index contributed by atoms with van der Waals surface area (Å²) in [6, 6.07) is 15.5. The number of aromatic nitrogens is 1. The molecule has 1 aromatic heterocycles. The van der Waals surface area contributed by atoms with Crippen LogP contribution in [-0.4, -0.2) is 35.4 Å². The zero-order chi connectivity index (χ0) is 19.0. The number of carbonyl (C=O) groups is 1. The molecule has 1 fully saturated rings. The maximum atomic E-state index is 13.3. The number of likely N-dealkylation sites (tertiary alicyclic amines) is 1. The molecule has 1 unspecified atom stereocenters. The van der Waals surface area contributed by atoms with Crippen LogP contribution in [0.15, 0.2) is 48.5 Å². The number of nitrogens with two attached hydrogens (primary N) is 1. The molecule has 0 aliphatic carbocycles. The summed E-state index contributed by atoms with van der Waals surface area (Å²) in [5.41, 5.74) is 10.2. The molecule has 0 radical (unpaired) electrons. The molecule has 4 rings (SSSR count). The van der Waals surface area contributed by atoms with Crippen molar-refractivity contribution < 1.29 is 4.79 Å². The van der Waals surface area contributed by atoms with E-state index in [1.165, 1.54) is 19.4 Å². The fourth-order valence-corrected chi connectivity index (χ4v) is 4.41. The van der Waals surface area contributed by atoms with Gasteiger partial charge in [0, 0.05) is 40.9 Å². The summed E-state index contributed by atoms with van der Waals surface area (Å²) in [7, 11) is 2.20. The van der Waals surface area contributed by atoms with Crippen LogP contribution >= 0.6 is 0 Å². The Morgan fingerprint density at radius 2 is 1.89 bits per heavy atom. The highest BCUT2D eigenvalue weighted by atomic mass is 16.1. The number of piperidine rings is 1. The van der Waals surface area contributed by atoms with E-state index < -0.39 is 0 Å². The van der Waals surface area contributed by atoms with Gasteiger partial charge in [0.05, 0.1) is 5.56 Å². The van der Waals surface area contributed by atoms with Crippen LogP contribution in [0.2, 0.25) is 0 Å². The third-order valence-electron chi connectivity index (χ3n) is 5.79. The summed E-state index contributed by atoms with van der Waals surface area (Å²) in [4.78, 5) is 15.7. The van der Waals surface area contributed by atoms with E-state index in [4.69, 9.17) is 5.73 Å². The number of ketones is 1. The minimum Gasteiger partial charge on any atom is -0.399 e. The number of anilines is 1. The standard InChI is InChI=1S/C23H27N3O/c1-16-22(23(27)18-9-11-19(24)12-10-18)20-7-3-4-8-21(20)26(16)15-17-6-5-13-25(2)14-17/h3-4,7-12,17H,5-6,13-15,24H2,1-2H3. The zero-order valence-corrected chi connectivity index (χ0v) is 16.1. The molecule has 1 aliphatic heterocycles. The smallest absolute Gasteiger partial charge is 0.195 e. The second-order valence-corrected chi connectivity index (χ2v) is 7.81. The molecule has 0 spiro atoms. The molecule has 1 atom stereocenters. The molecule has 0 bridgehead atoms. The van der Waals surface area contributed by atoms with Gasteiger partial charge in [0.15, 0.2) is 5.78 Å². The van der Waals surface area contributed by atoms with Gasteiger partial charge in [-0.3, -0.25) is 4.79 Å². The number of nitrogens with zero attached hydrogens (tertiary/aromatic N) is 2. The van der Waals surface area contributed by atoms with Crippen LogP contribution in [0, 0.1) is 12.8 Å². The zero-order valence-electron chi connectivity index (χ0n) is 16.1. The molecule has 0 amide bonds. The average molecular weight is 361 g/mol. The van der Waals surface area contributed by atoms with Crippen LogP contribution in [0.4, 0.5) is 5.69 Å². The Morgan fingerprint density at radius 3 is 2.63 bits per heavy atom. The predicted molar refractivity (Wildman–Crippen MR) is 111 cm³/mol. The van der Waals surface area contributed by atoms with Crippen molar-refractivity contribution in [3.8, 4) is 0 Å². The number of rotatable bonds is 4. The van der Waals surface area contributed by atoms with E-state index in [1.807, 2.05) is 18.2 Å². The Labute approximate surface area is 160 Å². The second-order valence-electron chi connectivity index (χ2n) is 7.81. The summed E-state index contributed by atoms with van der Waals surface area (Å²) in [5.74, 6) is 0.695. The molecule has 2 heterocycles. The van der Waals surface area contributed by atoms with E-state index >= 15 is 0 Å². The van der Waals surface area contributed by atoms with Crippen LogP contribution in [0.5, 0.6) is 0 Å². The number of nitrogen functional groups attached to an aromatic ring is 1. The number of hydrogen-bond donors (Lipinski definition) is 1. The average Bonchev–Trinajstić information content (AvgIpc) is 2.94. The monoisotopic (exact) mass is 361 g/mol. The summed E-state index contributed by atoms with van der Waals surface area (Å²) < 4.78 is 2.35. The Kier molecular flexibility index (Phi) is 4.75. The first-order valence-electron chi connectivity index (χ1n) is 9.71. The summed E-state index contributed by atoms with van der Waals surface area (Å²) in [6.07, 6.45) is 2.49. The van der Waals surface area contributed by atoms with Gasteiger partial charge < -0.3 is 15.2 Å². The first kappa shape index (κ1) is 17.8. The molecule has 1 aliphatic rings. The SMILES string of the molecule is Cc1c(C(=O)c2ccc(N)cc2)c2ccccc2n1CC1CCCN(C)C1. The minimum absolute atomic E-state index is 0.0724. The number of para-hydroxylation sites is 1. The third kappa shape index (κ3) is 3.37. The van der Waals surface area contributed by atoms with Crippen molar-refractivity contribution in [1.29, 1.82) is 0 Å². The highest BCUT2D eigenvalue weighted by Gasteiger charge is 2.24. The molecule has 2 aromatic carbocycles. The van der Waals surface area contributed by atoms with Crippen molar-refractivity contribution in [1.82, 2.24) is 9.47 Å². The second kappa shape index (κ2) is 7.20. The van der Waals surface area contributed by atoms with Crippen LogP contribution < -0.4 is 5.73 Å². The maximum Gasteiger partial charge on any atom is 0.195 e. The van der Waals surface area contributed by atoms with E-state index in [0.717, 1.165) is 35.2 Å². The van der Waals surface area contributed by atoms with Gasteiger partial charge in [-0.15, -0.1) is 0 Å². The Morgan fingerprint density at radius 1 is 1.15 bits per heavy atom. The van der Waals surface area contributed by atoms with E-state index in [2.05, 4.69) is 41.6 Å². The summed E-state index contributed by atoms with van der Waals surface area (Å²) >= 11 is 0. The molecule has 27 heavy (non-hydrogen) atoms. The summed E-state index contributed by atoms with van der Waals surface area (Å²) in [5, 5.41) is 1.04. The Bertz CT molecular complexity index is 971. The third-order valence-corrected chi connectivity index (χ3v) is 5.79. The normalized spacial score (nSPS) is 18.1. The fourth-order valence-electron chi connectivity index (χ4n) is 4.41. The number of carbonyl (C=O) groups excluding carboxylic acids is 1. The van der Waals surface area contributed by atoms with Gasteiger partial charge in [0.1, 0.15) is 0 Å². The van der Waals surface area contributed by atoms with Crippen molar-refractivity contribution in [3.63, 3.8) is 0 Å². The predicted octanol–water partition coefficient (Wildman–Crippen LogP) is 4.10. The molecule has 2 N–H and O–H groups in total. The van der Waals surface area contributed by atoms with Crippen LogP contribution in [-0.2, 0) is 6.54 Å². The largest absolute Gasteiger partial charge is 0.399 e. The number of benzene rings is 2. The van der Waals surface area contributed by atoms with E-state index in [-0.39, 0.29) is 5.78 Å². The van der Waals surface area contributed by atoms with Gasteiger partial charge in [0.2, 0.25) is 0 Å². The van der Waals surface area contributed by atoms with Crippen molar-refractivity contribution in [2.24, 2.45) is 5.92 Å². The van der Waals surface area contributed by atoms with Gasteiger partial charge in [-0.25, -0.2) is 0 Å². The van der Waals surface area contributed by atoms with Crippen LogP contribution in [0.25, 0.3) is 10.9 Å². The first-order valence-corrected chi connectivity index (χ1v) is 9.71. The Hall–Kier alpha value is -2.59. The van der Waals surface area contributed by atoms with Crippen LogP contribution in [0.3, 0.4) is 0 Å². The molecule has 4 heteroatoms. The number of fused-ring (bicyclic) bond motifs is 1. The molecule has 3 aromatic rings. The molecule has 140 valence electrons. The lowest BCUT2D eigenvalue weighted by Gasteiger charge is -2.30. The van der Waals surface area contributed by atoms with Gasteiger partial charge in [-0.05, 0) is 69.6 Å². The maximum absolute atomic E-state index is 13.3. The lowest BCUT2D eigenvalue weighted by Crippen LogP contribution is -2.34. The van der Waals surface area contributed by atoms with Gasteiger partial charge in [-0.2, -0.15) is 0 Å². The van der Waals surface area contributed by atoms with Gasteiger partial charge in [-0.1, -0.05) is 18.2 Å². The van der Waals surface area contributed by atoms with Crippen LogP contribution in [0.1, 0.15) is 34.5 Å². The highest BCUT2D eigenvalue weighted by molar-refractivity contribution is 6.17. The van der Waals surface area contributed by atoms with Crippen molar-refractivity contribution in [2.75, 3.05) is 25.9 Å². The van der Waals surface area contributed by atoms with Gasteiger partial charge in [0.25, 0.3) is 0 Å². The highest BCUT2D eigenvalue weighted by Crippen LogP contribution is 2.30. The Balaban J connectivity index is 1.76. The minimum atomic E-state index is 0.0724. The van der Waals surface area contributed by atoms with Crippen molar-refractivity contribution in [3.05, 3.63) is 65.4 Å². The fraction of sp³-hybridized carbons (Fsp3) is 0.348. The molecule has 0 saturated carbocycles. The van der Waals surface area contributed by atoms with Gasteiger partial charge >= 0.3 is 0 Å².